The fourth-order valence-electron chi connectivity index (χ4n) is 4.18. The summed E-state index contributed by atoms with van der Waals surface area (Å²) in [7, 11) is 0. The second-order valence-electron chi connectivity index (χ2n) is 6.28. The van der Waals surface area contributed by atoms with Crippen LogP contribution in [0, 0.1) is 34.2 Å². The number of fused-ring (bicyclic) bond motifs is 1. The van der Waals surface area contributed by atoms with Crippen molar-refractivity contribution in [1.82, 2.24) is 0 Å². The lowest BCUT2D eigenvalue weighted by atomic mass is 9.63. The van der Waals surface area contributed by atoms with Crippen LogP contribution >= 0.6 is 22.6 Å². The van der Waals surface area contributed by atoms with E-state index in [0.717, 1.165) is 27.7 Å². The van der Waals surface area contributed by atoms with Gasteiger partial charge in [-0.2, -0.15) is 0 Å². The fraction of sp³-hybridized carbons (Fsp3) is 0.412. The average Bonchev–Trinajstić information content (AvgIpc) is 2.75. The molecule has 2 amide bonds. The van der Waals surface area contributed by atoms with Crippen LogP contribution in [0.15, 0.2) is 30.4 Å². The van der Waals surface area contributed by atoms with E-state index in [-0.39, 0.29) is 35.5 Å². The number of amides is 2. The Balaban J connectivity index is 1.78. The van der Waals surface area contributed by atoms with Crippen LogP contribution in [0.1, 0.15) is 18.4 Å². The predicted molar refractivity (Wildman–Crippen MR) is 88.7 cm³/mol. The zero-order chi connectivity index (χ0) is 14.7. The topological polar surface area (TPSA) is 37.4 Å². The molecule has 4 aliphatic rings. The molecule has 21 heavy (non-hydrogen) atoms. The van der Waals surface area contributed by atoms with Gasteiger partial charge in [0.05, 0.1) is 17.5 Å². The Morgan fingerprint density at radius 2 is 1.62 bits per heavy atom. The molecule has 1 aliphatic heterocycles. The molecule has 1 aromatic carbocycles. The van der Waals surface area contributed by atoms with Crippen molar-refractivity contribution in [3.05, 3.63) is 39.5 Å². The number of halogens is 1. The summed E-state index contributed by atoms with van der Waals surface area (Å²) in [5, 5.41) is 0. The molecule has 0 N–H and O–H groups in total. The molecule has 3 nitrogen and oxygen atoms in total. The zero-order valence-electron chi connectivity index (χ0n) is 11.8. The second kappa shape index (κ2) is 4.66. The SMILES string of the molecule is Cc1cc(I)ccc1N1C(=O)[C@@H]2[C@@H](C1=O)[C@H]1C=C[C@H]2CC1. The first-order valence-electron chi connectivity index (χ1n) is 7.40. The number of carbonyl (C=O) groups excluding carboxylic acids is 2. The molecule has 4 atom stereocenters. The van der Waals surface area contributed by atoms with Gasteiger partial charge in [-0.05, 0) is 78.0 Å². The van der Waals surface area contributed by atoms with Crippen molar-refractivity contribution in [1.29, 1.82) is 0 Å². The lowest BCUT2D eigenvalue weighted by Gasteiger charge is -2.38. The maximum absolute atomic E-state index is 12.8. The van der Waals surface area contributed by atoms with Gasteiger partial charge in [-0.15, -0.1) is 0 Å². The highest BCUT2D eigenvalue weighted by Gasteiger charge is 2.56. The van der Waals surface area contributed by atoms with Gasteiger partial charge in [0.25, 0.3) is 0 Å². The lowest BCUT2D eigenvalue weighted by Crippen LogP contribution is -2.38. The first kappa shape index (κ1) is 13.5. The number of hydrogen-bond donors (Lipinski definition) is 0. The highest BCUT2D eigenvalue weighted by Crippen LogP contribution is 2.50. The minimum Gasteiger partial charge on any atom is -0.274 e. The van der Waals surface area contributed by atoms with Crippen molar-refractivity contribution in [2.75, 3.05) is 4.90 Å². The molecule has 0 spiro atoms. The number of allylic oxidation sites excluding steroid dienone is 2. The molecule has 5 rings (SSSR count). The second-order valence-corrected chi connectivity index (χ2v) is 7.53. The summed E-state index contributed by atoms with van der Waals surface area (Å²) in [5.74, 6) is 0.276. The minimum atomic E-state index is -0.125. The first-order valence-corrected chi connectivity index (χ1v) is 8.48. The molecular weight excluding hydrogens is 377 g/mol. The van der Waals surface area contributed by atoms with Crippen LogP contribution in [0.2, 0.25) is 0 Å². The molecule has 2 bridgehead atoms. The van der Waals surface area contributed by atoms with Crippen molar-refractivity contribution in [3.63, 3.8) is 0 Å². The van der Waals surface area contributed by atoms with Crippen LogP contribution in [0.25, 0.3) is 0 Å². The van der Waals surface area contributed by atoms with Crippen LogP contribution in [0.4, 0.5) is 5.69 Å². The number of carbonyl (C=O) groups is 2. The Kier molecular flexibility index (Phi) is 3.00. The van der Waals surface area contributed by atoms with Gasteiger partial charge in [0.15, 0.2) is 0 Å². The summed E-state index contributed by atoms with van der Waals surface area (Å²) in [6.07, 6.45) is 6.40. The van der Waals surface area contributed by atoms with Crippen molar-refractivity contribution in [2.24, 2.45) is 23.7 Å². The summed E-state index contributed by atoms with van der Waals surface area (Å²) in [6.45, 7) is 1.97. The van der Waals surface area contributed by atoms with Gasteiger partial charge in [-0.1, -0.05) is 12.2 Å². The Bertz CT molecular complexity index is 649. The quantitative estimate of drug-likeness (QED) is 0.417. The molecule has 2 fully saturated rings. The third kappa shape index (κ3) is 1.84. The summed E-state index contributed by atoms with van der Waals surface area (Å²) in [4.78, 5) is 27.2. The standard InChI is InChI=1S/C17H16INO2/c1-9-8-12(18)6-7-13(9)19-16(20)14-10-2-3-11(5-4-10)15(14)17(19)21/h2-3,6-8,10-11,14-15H,4-5H2,1H3/t10-,11-,14-,15-/m0/s1. The molecule has 3 aliphatic carbocycles. The number of nitrogens with zero attached hydrogens (tertiary/aromatic N) is 1. The van der Waals surface area contributed by atoms with Gasteiger partial charge in [-0.3, -0.25) is 9.59 Å². The van der Waals surface area contributed by atoms with E-state index >= 15 is 0 Å². The van der Waals surface area contributed by atoms with Gasteiger partial charge >= 0.3 is 0 Å². The molecule has 4 heteroatoms. The highest BCUT2D eigenvalue weighted by atomic mass is 127. The average molecular weight is 393 g/mol. The Morgan fingerprint density at radius 3 is 2.10 bits per heavy atom. The molecule has 0 radical (unpaired) electrons. The monoisotopic (exact) mass is 393 g/mol. The van der Waals surface area contributed by atoms with Crippen molar-refractivity contribution in [3.8, 4) is 0 Å². The number of benzene rings is 1. The summed E-state index contributed by atoms with van der Waals surface area (Å²) in [6, 6.07) is 5.88. The van der Waals surface area contributed by atoms with Crippen LogP contribution in [-0.4, -0.2) is 11.8 Å². The third-order valence-electron chi connectivity index (χ3n) is 5.16. The van der Waals surface area contributed by atoms with E-state index in [0.29, 0.717) is 0 Å². The van der Waals surface area contributed by atoms with E-state index in [1.54, 1.807) is 0 Å². The van der Waals surface area contributed by atoms with Gasteiger partial charge in [-0.25, -0.2) is 4.90 Å². The van der Waals surface area contributed by atoms with E-state index in [1.165, 1.54) is 4.90 Å². The van der Waals surface area contributed by atoms with Crippen LogP contribution in [0.5, 0.6) is 0 Å². The number of aryl methyl sites for hydroxylation is 1. The number of hydrogen-bond acceptors (Lipinski definition) is 2. The van der Waals surface area contributed by atoms with Crippen molar-refractivity contribution < 1.29 is 9.59 Å². The lowest BCUT2D eigenvalue weighted by molar-refractivity contribution is -0.124. The zero-order valence-corrected chi connectivity index (χ0v) is 13.9. The summed E-state index contributed by atoms with van der Waals surface area (Å²) < 4.78 is 1.12. The molecule has 1 saturated heterocycles. The summed E-state index contributed by atoms with van der Waals surface area (Å²) in [5.41, 5.74) is 1.75. The smallest absolute Gasteiger partial charge is 0.238 e. The molecule has 108 valence electrons. The molecule has 0 unspecified atom stereocenters. The van der Waals surface area contributed by atoms with Gasteiger partial charge < -0.3 is 0 Å². The van der Waals surface area contributed by atoms with Crippen LogP contribution in [0.3, 0.4) is 0 Å². The van der Waals surface area contributed by atoms with E-state index in [9.17, 15) is 9.59 Å². The molecule has 1 aromatic rings. The molecule has 1 saturated carbocycles. The van der Waals surface area contributed by atoms with E-state index < -0.39 is 0 Å². The van der Waals surface area contributed by atoms with Crippen LogP contribution < -0.4 is 4.90 Å². The Labute approximate surface area is 137 Å². The third-order valence-corrected chi connectivity index (χ3v) is 5.83. The highest BCUT2D eigenvalue weighted by molar-refractivity contribution is 14.1. The van der Waals surface area contributed by atoms with Crippen molar-refractivity contribution in [2.45, 2.75) is 19.8 Å². The Morgan fingerprint density at radius 1 is 1.05 bits per heavy atom. The van der Waals surface area contributed by atoms with Gasteiger partial charge in [0, 0.05) is 3.57 Å². The van der Waals surface area contributed by atoms with E-state index in [4.69, 9.17) is 0 Å². The normalized spacial score (nSPS) is 33.7. The largest absolute Gasteiger partial charge is 0.274 e. The molecule has 1 heterocycles. The maximum atomic E-state index is 12.8. The number of rotatable bonds is 1. The number of anilines is 1. The molecular formula is C17H16INO2. The van der Waals surface area contributed by atoms with E-state index in [2.05, 4.69) is 34.7 Å². The van der Waals surface area contributed by atoms with Gasteiger partial charge in [0.2, 0.25) is 11.8 Å². The van der Waals surface area contributed by atoms with Gasteiger partial charge in [0.1, 0.15) is 0 Å². The molecule has 0 aromatic heterocycles. The number of imide groups is 1. The van der Waals surface area contributed by atoms with Crippen LogP contribution in [-0.2, 0) is 9.59 Å². The van der Waals surface area contributed by atoms with E-state index in [1.807, 2.05) is 25.1 Å². The first-order chi connectivity index (χ1) is 10.1. The predicted octanol–water partition coefficient (Wildman–Crippen LogP) is 3.30. The summed E-state index contributed by atoms with van der Waals surface area (Å²) >= 11 is 2.25. The van der Waals surface area contributed by atoms with Crippen molar-refractivity contribution >= 4 is 40.1 Å². The minimum absolute atomic E-state index is 0.00774. The fourth-order valence-corrected chi connectivity index (χ4v) is 4.83. The maximum Gasteiger partial charge on any atom is 0.238 e. The Hall–Kier alpha value is -1.17.